The summed E-state index contributed by atoms with van der Waals surface area (Å²) in [6.45, 7) is 2.16. The molecule has 2 N–H and O–H groups in total. The van der Waals surface area contributed by atoms with Gasteiger partial charge in [-0.25, -0.2) is 0 Å². The van der Waals surface area contributed by atoms with Crippen molar-refractivity contribution in [3.05, 3.63) is 0 Å². The first-order valence-corrected chi connectivity index (χ1v) is 7.13. The molecule has 0 fully saturated rings. The van der Waals surface area contributed by atoms with E-state index in [1.165, 1.54) is 19.3 Å². The maximum Gasteiger partial charge on any atom is 1.00 e. The molecule has 6 heteroatoms. The van der Waals surface area contributed by atoms with E-state index in [2.05, 4.69) is 6.92 Å². The Morgan fingerprint density at radius 3 is 1.88 bits per heavy atom. The van der Waals surface area contributed by atoms with Crippen LogP contribution in [0.4, 0.5) is 0 Å². The molecule has 0 saturated heterocycles. The molecule has 92 valence electrons. The molecule has 0 bridgehead atoms. The number of rotatable bonds is 9. The van der Waals surface area contributed by atoms with Gasteiger partial charge >= 0.3 is 29.6 Å². The first-order chi connectivity index (χ1) is 6.98. The Hall–Kier alpha value is 0.870. The Bertz CT molecular complexity index is 241. The summed E-state index contributed by atoms with van der Waals surface area (Å²) in [5, 5.41) is 8.99. The van der Waals surface area contributed by atoms with Crippen molar-refractivity contribution in [1.29, 1.82) is 0 Å². The third kappa shape index (κ3) is 11.4. The maximum absolute atomic E-state index is 10.4. The molecule has 1 unspecified atom stereocenters. The molecular weight excluding hydrogens is 239 g/mol. The molecule has 0 heterocycles. The van der Waals surface area contributed by atoms with Crippen LogP contribution in [0, 0.1) is 0 Å². The monoisotopic (exact) mass is 261 g/mol. The van der Waals surface area contributed by atoms with E-state index in [1.54, 1.807) is 0 Å². The molecule has 0 radical (unpaired) electrons. The van der Waals surface area contributed by atoms with E-state index < -0.39 is 15.6 Å². The third-order valence-electron chi connectivity index (χ3n) is 2.40. The van der Waals surface area contributed by atoms with Crippen LogP contribution in [0.15, 0.2) is 0 Å². The quantitative estimate of drug-likeness (QED) is 0.328. The van der Waals surface area contributed by atoms with Gasteiger partial charge in [0.15, 0.2) is 5.44 Å². The van der Waals surface area contributed by atoms with E-state index in [9.17, 15) is 8.42 Å². The summed E-state index contributed by atoms with van der Waals surface area (Å²) in [5.74, 6) is 0. The zero-order chi connectivity index (χ0) is 11.7. The molecule has 0 spiro atoms. The summed E-state index contributed by atoms with van der Waals surface area (Å²) in [6.07, 6.45) is 7.59. The van der Waals surface area contributed by atoms with E-state index >= 15 is 0 Å². The van der Waals surface area contributed by atoms with Crippen LogP contribution in [0.5, 0.6) is 0 Å². The van der Waals surface area contributed by atoms with Crippen molar-refractivity contribution in [3.8, 4) is 0 Å². The van der Waals surface area contributed by atoms with Crippen molar-refractivity contribution in [2.75, 3.05) is 0 Å². The summed E-state index contributed by atoms with van der Waals surface area (Å²) in [6, 6.07) is 0. The van der Waals surface area contributed by atoms with Crippen molar-refractivity contribution in [2.24, 2.45) is 0 Å². The average molecular weight is 261 g/mol. The molecule has 0 aromatic rings. The zero-order valence-corrected chi connectivity index (χ0v) is 13.2. The van der Waals surface area contributed by atoms with Crippen LogP contribution in [0.1, 0.15) is 58.3 Å². The Balaban J connectivity index is 0. The third-order valence-corrected chi connectivity index (χ3v) is 3.32. The average Bonchev–Trinajstić information content (AvgIpc) is 2.14. The maximum atomic E-state index is 10.4. The molecule has 0 aliphatic heterocycles. The fraction of sp³-hybridized carbons (Fsp3) is 1.00. The fourth-order valence-corrected chi connectivity index (χ4v) is 1.89. The van der Waals surface area contributed by atoms with Crippen molar-refractivity contribution >= 4 is 10.1 Å². The summed E-state index contributed by atoms with van der Waals surface area (Å²) >= 11 is 0. The van der Waals surface area contributed by atoms with Crippen molar-refractivity contribution in [1.82, 2.24) is 0 Å². The van der Waals surface area contributed by atoms with Gasteiger partial charge in [0, 0.05) is 0 Å². The molecule has 0 amide bonds. The largest absolute Gasteiger partial charge is 1.00 e. The Labute approximate surface area is 121 Å². The predicted octanol–water partition coefficient (Wildman–Crippen LogP) is -0.663. The molecule has 4 nitrogen and oxygen atoms in total. The van der Waals surface area contributed by atoms with E-state index in [0.717, 1.165) is 19.3 Å². The summed E-state index contributed by atoms with van der Waals surface area (Å²) in [4.78, 5) is 0. The van der Waals surface area contributed by atoms with E-state index in [4.69, 9.17) is 9.66 Å². The van der Waals surface area contributed by atoms with Crippen molar-refractivity contribution in [2.45, 2.75) is 63.7 Å². The molecule has 0 rings (SSSR count). The van der Waals surface area contributed by atoms with Crippen LogP contribution in [0.3, 0.4) is 0 Å². The Kier molecular flexibility index (Phi) is 13.2. The van der Waals surface area contributed by atoms with Crippen LogP contribution in [-0.4, -0.2) is 23.5 Å². The number of aliphatic hydroxyl groups excluding tert-OH is 1. The molecule has 0 saturated carbocycles. The van der Waals surface area contributed by atoms with Gasteiger partial charge in [-0.05, 0) is 12.8 Å². The second-order valence-corrected chi connectivity index (χ2v) is 5.45. The van der Waals surface area contributed by atoms with E-state index in [1.807, 2.05) is 0 Å². The van der Waals surface area contributed by atoms with Gasteiger partial charge in [-0.1, -0.05) is 45.4 Å². The molecule has 0 aromatic heterocycles. The van der Waals surface area contributed by atoms with Gasteiger partial charge in [-0.15, -0.1) is 0 Å². The van der Waals surface area contributed by atoms with Gasteiger partial charge in [0.2, 0.25) is 0 Å². The fourth-order valence-electron chi connectivity index (χ4n) is 1.42. The minimum absolute atomic E-state index is 0. The SMILES string of the molecule is CCCCCCCCCC(O)S(=O)(=O)O.[Na+]. The molecule has 16 heavy (non-hydrogen) atoms. The zero-order valence-electron chi connectivity index (χ0n) is 10.4. The smallest absolute Gasteiger partial charge is 0.375 e. The van der Waals surface area contributed by atoms with Gasteiger partial charge in [0.25, 0.3) is 10.1 Å². The van der Waals surface area contributed by atoms with Crippen LogP contribution in [-0.2, 0) is 10.1 Å². The number of hydrogen-bond donors (Lipinski definition) is 2. The van der Waals surface area contributed by atoms with E-state index in [-0.39, 0.29) is 36.0 Å². The van der Waals surface area contributed by atoms with Crippen LogP contribution in [0.2, 0.25) is 0 Å². The summed E-state index contributed by atoms with van der Waals surface area (Å²) in [7, 11) is -4.25. The van der Waals surface area contributed by atoms with Gasteiger partial charge in [-0.2, -0.15) is 8.42 Å². The first-order valence-electron chi connectivity index (χ1n) is 5.63. The number of aliphatic hydroxyl groups is 1. The van der Waals surface area contributed by atoms with Crippen LogP contribution < -0.4 is 29.6 Å². The Morgan fingerprint density at radius 1 is 1.00 bits per heavy atom. The van der Waals surface area contributed by atoms with Gasteiger partial charge in [-0.3, -0.25) is 4.55 Å². The summed E-state index contributed by atoms with van der Waals surface area (Å²) < 4.78 is 29.4. The normalized spacial score (nSPS) is 13.2. The first kappa shape index (κ1) is 19.2. The van der Waals surface area contributed by atoms with Crippen molar-refractivity contribution < 1.29 is 47.6 Å². The number of unbranched alkanes of at least 4 members (excludes halogenated alkanes) is 6. The molecule has 0 aliphatic carbocycles. The molecule has 0 aromatic carbocycles. The topological polar surface area (TPSA) is 74.6 Å². The molecule has 0 aliphatic rings. The minimum Gasteiger partial charge on any atom is -0.375 e. The predicted molar refractivity (Wildman–Crippen MR) is 60.2 cm³/mol. The summed E-state index contributed by atoms with van der Waals surface area (Å²) in [5.41, 5.74) is -1.60. The van der Waals surface area contributed by atoms with Crippen LogP contribution in [0.25, 0.3) is 0 Å². The number of hydrogen-bond acceptors (Lipinski definition) is 3. The van der Waals surface area contributed by atoms with Gasteiger partial charge in [0.05, 0.1) is 0 Å². The van der Waals surface area contributed by atoms with Crippen molar-refractivity contribution in [3.63, 3.8) is 0 Å². The molecule has 1 atom stereocenters. The van der Waals surface area contributed by atoms with Gasteiger partial charge in [0.1, 0.15) is 0 Å². The Morgan fingerprint density at radius 2 is 1.44 bits per heavy atom. The minimum atomic E-state index is -4.25. The second-order valence-electron chi connectivity index (χ2n) is 3.88. The van der Waals surface area contributed by atoms with Crippen LogP contribution >= 0.6 is 0 Å². The molecular formula is C10H22NaO4S+. The standard InChI is InChI=1S/C10H22O4S.Na/c1-2-3-4-5-6-7-8-9-10(11)15(12,13)14;/h10-11H,2-9H2,1H3,(H,12,13,14);/q;+1. The van der Waals surface area contributed by atoms with E-state index in [0.29, 0.717) is 6.42 Å². The second kappa shape index (κ2) is 11.0. The van der Waals surface area contributed by atoms with Gasteiger partial charge < -0.3 is 5.11 Å².